The molecule has 0 aromatic rings. The molecule has 48 heavy (non-hydrogen) atoms. The van der Waals surface area contributed by atoms with Gasteiger partial charge < -0.3 is 4.89 Å². The smallest absolute Gasteiger partial charge is 0.302 e. The van der Waals surface area contributed by atoms with Crippen LogP contribution in [0.1, 0.15) is 233 Å². The zero-order chi connectivity index (χ0) is 35.3. The van der Waals surface area contributed by atoms with Gasteiger partial charge in [0.25, 0.3) is 0 Å². The molecule has 0 spiro atoms. The highest BCUT2D eigenvalue weighted by molar-refractivity contribution is 7.61. The Labute approximate surface area is 299 Å². The Balaban J connectivity index is 4.37. The summed E-state index contributed by atoms with van der Waals surface area (Å²) in [7, 11) is -8.80. The highest BCUT2D eigenvalue weighted by Gasteiger charge is 2.38. The molecule has 0 aromatic heterocycles. The molecule has 0 saturated heterocycles. The molecule has 7 nitrogen and oxygen atoms in total. The first kappa shape index (κ1) is 48.3. The van der Waals surface area contributed by atoms with Gasteiger partial charge in [-0.25, -0.2) is 9.13 Å². The lowest BCUT2D eigenvalue weighted by molar-refractivity contribution is 0.123. The van der Waals surface area contributed by atoms with E-state index < -0.39 is 15.6 Å². The molecule has 0 amide bonds. The van der Waals surface area contributed by atoms with Crippen LogP contribution in [0.3, 0.4) is 0 Å². The van der Waals surface area contributed by atoms with E-state index in [1.54, 1.807) is 0 Å². The van der Waals surface area contributed by atoms with Crippen LogP contribution < -0.4 is 0 Å². The highest BCUT2D eigenvalue weighted by atomic mass is 31.3. The molecule has 0 radical (unpaired) electrons. The third kappa shape index (κ3) is 36.1. The Morgan fingerprint density at radius 3 is 0.792 bits per heavy atom. The molecular formula is C39H82O7P2. The quantitative estimate of drug-likeness (QED) is 0.0496. The molecule has 0 aliphatic heterocycles. The van der Waals surface area contributed by atoms with Gasteiger partial charge in [-0.2, -0.15) is 4.31 Å². The lowest BCUT2D eigenvalue weighted by Gasteiger charge is -2.20. The lowest BCUT2D eigenvalue weighted by Crippen LogP contribution is -2.04. The number of hydrogen-bond acceptors (Lipinski definition) is 6. The summed E-state index contributed by atoms with van der Waals surface area (Å²) in [6.45, 7) is 7.17. The third-order valence-corrected chi connectivity index (χ3v) is 12.3. The van der Waals surface area contributed by atoms with Gasteiger partial charge >= 0.3 is 15.6 Å². The van der Waals surface area contributed by atoms with Gasteiger partial charge in [-0.3, -0.25) is 13.6 Å². The van der Waals surface area contributed by atoms with Crippen molar-refractivity contribution in [3.05, 3.63) is 0 Å². The minimum Gasteiger partial charge on any atom is -0.302 e. The van der Waals surface area contributed by atoms with Crippen LogP contribution in [-0.2, 0) is 27.0 Å². The first-order valence-electron chi connectivity index (χ1n) is 21.0. The van der Waals surface area contributed by atoms with E-state index in [-0.39, 0.29) is 19.8 Å². The Morgan fingerprint density at radius 1 is 0.333 bits per heavy atom. The molecule has 0 aromatic carbocycles. The van der Waals surface area contributed by atoms with Gasteiger partial charge in [-0.1, -0.05) is 213 Å². The minimum absolute atomic E-state index is 0.0853. The summed E-state index contributed by atoms with van der Waals surface area (Å²) in [5.74, 6) is 0. The Bertz CT molecular complexity index is 705. The molecule has 0 aliphatic rings. The lowest BCUT2D eigenvalue weighted by atomic mass is 10.1. The normalized spacial score (nSPS) is 13.3. The van der Waals surface area contributed by atoms with Crippen molar-refractivity contribution in [1.29, 1.82) is 0 Å². The van der Waals surface area contributed by atoms with Gasteiger partial charge in [0.2, 0.25) is 0 Å². The van der Waals surface area contributed by atoms with Crippen LogP contribution in [0.5, 0.6) is 0 Å². The predicted octanol–water partition coefficient (Wildman–Crippen LogP) is 15.2. The topological polar surface area (TPSA) is 91.3 Å². The molecule has 1 atom stereocenters. The van der Waals surface area contributed by atoms with Crippen LogP contribution in [0.15, 0.2) is 0 Å². The standard InChI is InChI=1S/C39H82O7P2/c1-4-7-10-13-16-19-22-25-28-31-34-37-43-47(40,41)46-48(42,44-38-35-32-29-26-23-20-17-14-11-8-5-2)45-39-36-33-30-27-24-21-18-15-12-9-6-3/h4-39H2,1-3H3,(H,40,41). The van der Waals surface area contributed by atoms with E-state index >= 15 is 0 Å². The van der Waals surface area contributed by atoms with Crippen LogP contribution in [0.4, 0.5) is 0 Å². The molecule has 0 rings (SSSR count). The number of rotatable bonds is 41. The van der Waals surface area contributed by atoms with E-state index in [2.05, 4.69) is 20.8 Å². The van der Waals surface area contributed by atoms with E-state index in [0.29, 0.717) is 19.3 Å². The predicted molar refractivity (Wildman–Crippen MR) is 206 cm³/mol. The maximum atomic E-state index is 13.4. The molecule has 0 fully saturated rings. The molecule has 290 valence electrons. The summed E-state index contributed by atoms with van der Waals surface area (Å²) in [5, 5.41) is 0. The number of phosphoric ester groups is 2. The fourth-order valence-electron chi connectivity index (χ4n) is 6.07. The molecule has 0 bridgehead atoms. The maximum absolute atomic E-state index is 13.4. The largest absolute Gasteiger partial charge is 0.483 e. The van der Waals surface area contributed by atoms with E-state index in [1.807, 2.05) is 0 Å². The number of unbranched alkanes of at least 4 members (excludes halogenated alkanes) is 30. The van der Waals surface area contributed by atoms with Crippen molar-refractivity contribution in [3.63, 3.8) is 0 Å². The average Bonchev–Trinajstić information content (AvgIpc) is 3.06. The second kappa shape index (κ2) is 37.0. The summed E-state index contributed by atoms with van der Waals surface area (Å²) >= 11 is 0. The van der Waals surface area contributed by atoms with Crippen molar-refractivity contribution in [2.75, 3.05) is 19.8 Å². The van der Waals surface area contributed by atoms with Crippen molar-refractivity contribution < 1.29 is 31.9 Å². The molecule has 1 N–H and O–H groups in total. The average molecular weight is 725 g/mol. The summed E-state index contributed by atoms with van der Waals surface area (Å²) < 4.78 is 47.6. The fraction of sp³-hybridized carbons (Fsp3) is 1.00. The second-order valence-electron chi connectivity index (χ2n) is 14.1. The zero-order valence-corrected chi connectivity index (χ0v) is 34.0. The Morgan fingerprint density at radius 2 is 0.542 bits per heavy atom. The first-order chi connectivity index (χ1) is 23.4. The van der Waals surface area contributed by atoms with E-state index in [0.717, 1.165) is 38.5 Å². The van der Waals surface area contributed by atoms with Crippen molar-refractivity contribution in [2.45, 2.75) is 233 Å². The van der Waals surface area contributed by atoms with Gasteiger partial charge in [-0.15, -0.1) is 0 Å². The second-order valence-corrected chi connectivity index (χ2v) is 17.4. The summed E-state index contributed by atoms with van der Waals surface area (Å²) in [6, 6.07) is 0. The molecular weight excluding hydrogens is 642 g/mol. The van der Waals surface area contributed by atoms with Gasteiger partial charge in [0.15, 0.2) is 0 Å². The summed E-state index contributed by atoms with van der Waals surface area (Å²) in [6.07, 6.45) is 39.3. The van der Waals surface area contributed by atoms with Gasteiger partial charge in [-0.05, 0) is 19.3 Å². The Kier molecular flexibility index (Phi) is 37.2. The van der Waals surface area contributed by atoms with Crippen LogP contribution in [0.2, 0.25) is 0 Å². The highest BCUT2D eigenvalue weighted by Crippen LogP contribution is 2.63. The molecule has 0 aliphatic carbocycles. The Hall–Kier alpha value is 0.260. The first-order valence-corrected chi connectivity index (χ1v) is 23.9. The van der Waals surface area contributed by atoms with E-state index in [9.17, 15) is 14.0 Å². The van der Waals surface area contributed by atoms with Crippen molar-refractivity contribution in [1.82, 2.24) is 0 Å². The van der Waals surface area contributed by atoms with Crippen LogP contribution in [-0.4, -0.2) is 24.7 Å². The monoisotopic (exact) mass is 725 g/mol. The maximum Gasteiger partial charge on any atom is 0.483 e. The number of hydrogen-bond donors (Lipinski definition) is 1. The van der Waals surface area contributed by atoms with E-state index in [4.69, 9.17) is 17.9 Å². The van der Waals surface area contributed by atoms with Gasteiger partial charge in [0.1, 0.15) is 0 Å². The van der Waals surface area contributed by atoms with Crippen LogP contribution >= 0.6 is 15.6 Å². The molecule has 1 unspecified atom stereocenters. The van der Waals surface area contributed by atoms with Crippen molar-refractivity contribution >= 4 is 15.6 Å². The summed E-state index contributed by atoms with van der Waals surface area (Å²) in [5.41, 5.74) is 0. The van der Waals surface area contributed by atoms with Crippen molar-refractivity contribution in [3.8, 4) is 0 Å². The van der Waals surface area contributed by atoms with E-state index in [1.165, 1.54) is 154 Å². The van der Waals surface area contributed by atoms with Crippen LogP contribution in [0, 0.1) is 0 Å². The third-order valence-electron chi connectivity index (χ3n) is 9.20. The molecule has 0 heterocycles. The SMILES string of the molecule is CCCCCCCCCCCCCOP(=O)(O)OP(=O)(OCCCCCCCCCCCCC)OCCCCCCCCCCCCC. The molecule has 0 saturated carbocycles. The zero-order valence-electron chi connectivity index (χ0n) is 32.2. The van der Waals surface area contributed by atoms with Gasteiger partial charge in [0.05, 0.1) is 19.8 Å². The molecule has 9 heteroatoms. The number of phosphoric acid groups is 2. The fourth-order valence-corrected chi connectivity index (χ4v) is 8.78. The van der Waals surface area contributed by atoms with Gasteiger partial charge in [0, 0.05) is 0 Å². The van der Waals surface area contributed by atoms with Crippen LogP contribution in [0.25, 0.3) is 0 Å². The summed E-state index contributed by atoms with van der Waals surface area (Å²) in [4.78, 5) is 10.4. The van der Waals surface area contributed by atoms with Crippen molar-refractivity contribution in [2.24, 2.45) is 0 Å². The minimum atomic E-state index is -4.58.